The standard InChI is InChI=1S/C20H26FN3O2/c1-2-3-4-15(22)18(21)19(23)17(25)9-12-5-7-13(8-6-12)20-16-10-14(26-20)11-24-16/h5-8,14,16,20,23-24H,2-4,9-11,22H2,1H3/t14-,16-,20+/m1/s1. The summed E-state index contributed by atoms with van der Waals surface area (Å²) in [4.78, 5) is 12.2. The van der Waals surface area contributed by atoms with E-state index in [1.54, 1.807) is 0 Å². The summed E-state index contributed by atoms with van der Waals surface area (Å²) in [5, 5.41) is 11.2. The summed E-state index contributed by atoms with van der Waals surface area (Å²) in [6.45, 7) is 2.89. The predicted octanol–water partition coefficient (Wildman–Crippen LogP) is 2.95. The van der Waals surface area contributed by atoms with E-state index in [4.69, 9.17) is 15.9 Å². The summed E-state index contributed by atoms with van der Waals surface area (Å²) in [5.74, 6) is -1.45. The topological polar surface area (TPSA) is 88.2 Å². The number of ketones is 1. The lowest BCUT2D eigenvalue weighted by Gasteiger charge is -2.23. The van der Waals surface area contributed by atoms with Crippen molar-refractivity contribution in [2.75, 3.05) is 6.54 Å². The maximum absolute atomic E-state index is 14.1. The average Bonchev–Trinajstić information content (AvgIpc) is 3.29. The third-order valence-corrected chi connectivity index (χ3v) is 5.08. The molecule has 2 bridgehead atoms. The molecule has 1 aromatic carbocycles. The number of carbonyl (C=O) groups excluding carboxylic acids is 1. The average molecular weight is 359 g/mol. The number of benzene rings is 1. The van der Waals surface area contributed by atoms with Crippen LogP contribution in [0.3, 0.4) is 0 Å². The van der Waals surface area contributed by atoms with Gasteiger partial charge in [-0.3, -0.25) is 10.2 Å². The molecule has 0 aromatic heterocycles. The Hall–Kier alpha value is -2.05. The molecule has 0 unspecified atom stereocenters. The van der Waals surface area contributed by atoms with Gasteiger partial charge in [0.15, 0.2) is 11.6 Å². The van der Waals surface area contributed by atoms with E-state index in [0.717, 1.165) is 36.9 Å². The fourth-order valence-electron chi connectivity index (χ4n) is 3.54. The predicted molar refractivity (Wildman–Crippen MR) is 98.7 cm³/mol. The first-order valence-corrected chi connectivity index (χ1v) is 9.23. The number of morpholine rings is 1. The highest BCUT2D eigenvalue weighted by atomic mass is 19.1. The second-order valence-corrected chi connectivity index (χ2v) is 7.09. The van der Waals surface area contributed by atoms with Gasteiger partial charge in [-0.1, -0.05) is 37.6 Å². The summed E-state index contributed by atoms with van der Waals surface area (Å²) in [6, 6.07) is 7.93. The van der Waals surface area contributed by atoms with Crippen LogP contribution in [-0.2, 0) is 16.0 Å². The van der Waals surface area contributed by atoms with E-state index in [1.165, 1.54) is 0 Å². The maximum atomic E-state index is 14.1. The minimum atomic E-state index is -0.887. The first kappa shape index (κ1) is 18.7. The minimum absolute atomic E-state index is 0.0105. The Kier molecular flexibility index (Phi) is 5.84. The second kappa shape index (κ2) is 8.10. The molecule has 6 heteroatoms. The molecule has 140 valence electrons. The molecule has 5 nitrogen and oxygen atoms in total. The van der Waals surface area contributed by atoms with E-state index in [-0.39, 0.29) is 18.2 Å². The Bertz CT molecular complexity index is 714. The molecule has 3 atom stereocenters. The van der Waals surface area contributed by atoms with Gasteiger partial charge >= 0.3 is 0 Å². The normalized spacial score (nSPS) is 25.2. The molecule has 2 heterocycles. The zero-order valence-corrected chi connectivity index (χ0v) is 15.1. The molecular formula is C20H26FN3O2. The number of halogens is 1. The molecule has 4 N–H and O–H groups in total. The summed E-state index contributed by atoms with van der Waals surface area (Å²) in [7, 11) is 0. The first-order valence-electron chi connectivity index (χ1n) is 9.23. The van der Waals surface area contributed by atoms with Crippen LogP contribution in [0.5, 0.6) is 0 Å². The smallest absolute Gasteiger partial charge is 0.187 e. The molecule has 1 aromatic rings. The number of rotatable bonds is 8. The van der Waals surface area contributed by atoms with Crippen molar-refractivity contribution in [3.63, 3.8) is 0 Å². The van der Waals surface area contributed by atoms with Crippen molar-refractivity contribution in [1.29, 1.82) is 5.41 Å². The number of fused-ring (bicyclic) bond motifs is 2. The van der Waals surface area contributed by atoms with Crippen LogP contribution in [0.25, 0.3) is 0 Å². The van der Waals surface area contributed by atoms with Gasteiger partial charge in [0.05, 0.1) is 12.2 Å². The molecule has 2 fully saturated rings. The monoisotopic (exact) mass is 359 g/mol. The van der Waals surface area contributed by atoms with Crippen molar-refractivity contribution < 1.29 is 13.9 Å². The Morgan fingerprint density at radius 1 is 1.38 bits per heavy atom. The number of nitrogens with two attached hydrogens (primary N) is 1. The van der Waals surface area contributed by atoms with Gasteiger partial charge in [0.1, 0.15) is 5.71 Å². The minimum Gasteiger partial charge on any atom is -0.400 e. The molecule has 3 rings (SSSR count). The van der Waals surface area contributed by atoms with E-state index in [1.807, 2.05) is 31.2 Å². The van der Waals surface area contributed by atoms with Crippen molar-refractivity contribution in [2.24, 2.45) is 5.73 Å². The van der Waals surface area contributed by atoms with Crippen molar-refractivity contribution in [3.8, 4) is 0 Å². The lowest BCUT2D eigenvalue weighted by molar-refractivity contribution is -0.112. The molecule has 26 heavy (non-hydrogen) atoms. The van der Waals surface area contributed by atoms with Gasteiger partial charge in [-0.05, 0) is 30.4 Å². The molecule has 2 saturated heterocycles. The van der Waals surface area contributed by atoms with E-state index in [2.05, 4.69) is 5.32 Å². The largest absolute Gasteiger partial charge is 0.400 e. The number of Topliss-reactive ketones (excluding diaryl/α,β-unsaturated/α-hetero) is 1. The fraction of sp³-hybridized carbons (Fsp3) is 0.500. The molecule has 2 aliphatic heterocycles. The van der Waals surface area contributed by atoms with Crippen molar-refractivity contribution >= 4 is 11.5 Å². The van der Waals surface area contributed by atoms with Crippen molar-refractivity contribution in [1.82, 2.24) is 5.32 Å². The molecule has 0 saturated carbocycles. The van der Waals surface area contributed by atoms with Gasteiger partial charge in [0.25, 0.3) is 0 Å². The lowest BCUT2D eigenvalue weighted by atomic mass is 9.99. The molecule has 2 aliphatic rings. The van der Waals surface area contributed by atoms with E-state index < -0.39 is 17.3 Å². The zero-order chi connectivity index (χ0) is 18.7. The maximum Gasteiger partial charge on any atom is 0.187 e. The molecular weight excluding hydrogens is 333 g/mol. The van der Waals surface area contributed by atoms with Gasteiger partial charge in [-0.25, -0.2) is 4.39 Å². The Labute approximate surface area is 153 Å². The Morgan fingerprint density at radius 3 is 2.69 bits per heavy atom. The SMILES string of the molecule is CCCCC(N)=C(F)C(=N)C(=O)Cc1ccc([C@@H]2O[C@H]3CN[C@@H]2C3)cc1. The number of allylic oxidation sites excluding steroid dienone is 2. The van der Waals surface area contributed by atoms with Crippen LogP contribution in [0.4, 0.5) is 4.39 Å². The highest BCUT2D eigenvalue weighted by molar-refractivity contribution is 6.44. The van der Waals surface area contributed by atoms with Gasteiger partial charge < -0.3 is 15.8 Å². The summed E-state index contributed by atoms with van der Waals surface area (Å²) >= 11 is 0. The number of ether oxygens (including phenoxy) is 1. The van der Waals surface area contributed by atoms with E-state index >= 15 is 0 Å². The molecule has 0 spiro atoms. The van der Waals surface area contributed by atoms with Crippen LogP contribution in [0.2, 0.25) is 0 Å². The fourth-order valence-corrected chi connectivity index (χ4v) is 3.54. The third-order valence-electron chi connectivity index (χ3n) is 5.08. The van der Waals surface area contributed by atoms with Crippen LogP contribution < -0.4 is 11.1 Å². The van der Waals surface area contributed by atoms with Crippen molar-refractivity contribution in [3.05, 3.63) is 46.9 Å². The zero-order valence-electron chi connectivity index (χ0n) is 15.1. The van der Waals surface area contributed by atoms with Gasteiger partial charge in [0, 0.05) is 24.7 Å². The summed E-state index contributed by atoms with van der Waals surface area (Å²) < 4.78 is 20.1. The highest BCUT2D eigenvalue weighted by Gasteiger charge is 2.41. The van der Waals surface area contributed by atoms with E-state index in [9.17, 15) is 9.18 Å². The van der Waals surface area contributed by atoms with Gasteiger partial charge in [-0.15, -0.1) is 0 Å². The summed E-state index contributed by atoms with van der Waals surface area (Å²) in [6.07, 6.45) is 3.35. The summed E-state index contributed by atoms with van der Waals surface area (Å²) in [5.41, 5.74) is 6.82. The quantitative estimate of drug-likeness (QED) is 0.623. The number of hydrogen-bond acceptors (Lipinski definition) is 5. The van der Waals surface area contributed by atoms with Crippen LogP contribution in [0, 0.1) is 5.41 Å². The van der Waals surface area contributed by atoms with Crippen LogP contribution >= 0.6 is 0 Å². The molecule has 0 radical (unpaired) electrons. The van der Waals surface area contributed by atoms with Crippen LogP contribution in [-0.4, -0.2) is 30.2 Å². The number of unbranched alkanes of at least 4 members (excludes halogenated alkanes) is 1. The molecule has 0 aliphatic carbocycles. The first-order chi connectivity index (χ1) is 12.5. The Balaban J connectivity index is 1.60. The highest BCUT2D eigenvalue weighted by Crippen LogP contribution is 2.36. The Morgan fingerprint density at radius 2 is 2.12 bits per heavy atom. The number of nitrogens with one attached hydrogen (secondary N) is 2. The van der Waals surface area contributed by atoms with Crippen LogP contribution in [0.1, 0.15) is 49.8 Å². The lowest BCUT2D eigenvalue weighted by Crippen LogP contribution is -2.33. The van der Waals surface area contributed by atoms with Crippen LogP contribution in [0.15, 0.2) is 35.8 Å². The number of carbonyl (C=O) groups is 1. The van der Waals surface area contributed by atoms with Gasteiger partial charge in [0.2, 0.25) is 0 Å². The molecule has 0 amide bonds. The van der Waals surface area contributed by atoms with Gasteiger partial charge in [-0.2, -0.15) is 0 Å². The second-order valence-electron chi connectivity index (χ2n) is 7.09. The number of hydrogen-bond donors (Lipinski definition) is 3. The van der Waals surface area contributed by atoms with E-state index in [0.29, 0.717) is 18.6 Å². The van der Waals surface area contributed by atoms with Crippen molar-refractivity contribution in [2.45, 2.75) is 57.3 Å². The third kappa shape index (κ3) is 4.02.